The Morgan fingerprint density at radius 3 is 2.41 bits per heavy atom. The van der Waals surface area contributed by atoms with Gasteiger partial charge in [-0.3, -0.25) is 14.9 Å². The third-order valence-corrected chi connectivity index (χ3v) is 5.56. The number of phenols is 1. The summed E-state index contributed by atoms with van der Waals surface area (Å²) in [4.78, 5) is 24.5. The normalized spacial score (nSPS) is 18.3. The van der Waals surface area contributed by atoms with E-state index in [9.17, 15) is 20.0 Å². The van der Waals surface area contributed by atoms with Crippen molar-refractivity contribution >= 4 is 17.5 Å². The Labute approximate surface area is 168 Å². The van der Waals surface area contributed by atoms with Gasteiger partial charge in [-0.25, -0.2) is 0 Å². The fourth-order valence-corrected chi connectivity index (χ4v) is 3.97. The number of quaternary nitrogens is 1. The molecule has 150 valence electrons. The van der Waals surface area contributed by atoms with Crippen molar-refractivity contribution in [2.24, 2.45) is 0 Å². The summed E-state index contributed by atoms with van der Waals surface area (Å²) in [6.07, 6.45) is 6.37. The van der Waals surface area contributed by atoms with E-state index in [2.05, 4.69) is 0 Å². The highest BCUT2D eigenvalue weighted by atomic mass is 16.6. The predicted molar refractivity (Wildman–Crippen MR) is 107 cm³/mol. The largest absolute Gasteiger partial charge is 0.507 e. The van der Waals surface area contributed by atoms with E-state index in [1.807, 2.05) is 0 Å². The predicted octanol–water partition coefficient (Wildman–Crippen LogP) is 2.88. The lowest BCUT2D eigenvalue weighted by atomic mass is 10.0. The average Bonchev–Trinajstić information content (AvgIpc) is 2.87. The number of allylic oxidation sites excluding steroid dienone is 1. The van der Waals surface area contributed by atoms with Crippen LogP contribution in [-0.2, 0) is 6.54 Å². The molecule has 2 aliphatic rings. The Hall–Kier alpha value is -3.19. The van der Waals surface area contributed by atoms with Crippen molar-refractivity contribution in [3.63, 3.8) is 0 Å². The number of nitro groups is 1. The first-order valence-corrected chi connectivity index (χ1v) is 9.90. The number of carbonyl (C=O) groups excluding carboxylic acids is 1. The number of fused-ring (bicyclic) bond motifs is 1. The molecule has 29 heavy (non-hydrogen) atoms. The number of phenolic OH excluding ortho intramolecular Hbond substituents is 1. The van der Waals surface area contributed by atoms with E-state index in [0.717, 1.165) is 25.9 Å². The number of ether oxygens (including phenoxy) is 1. The molecule has 7 nitrogen and oxygen atoms in total. The number of non-ortho nitro benzene ring substituents is 1. The molecule has 2 heterocycles. The SMILES string of the molecule is O=C1/C(=C\c2ccc([N+](=O)[O-])cc2)Oc2c1ccc(O)c2C[NH+]1CCCCCC1. The second-order valence-corrected chi connectivity index (χ2v) is 7.57. The minimum Gasteiger partial charge on any atom is -0.507 e. The van der Waals surface area contributed by atoms with E-state index in [1.54, 1.807) is 30.3 Å². The second-order valence-electron chi connectivity index (χ2n) is 7.57. The standard InChI is InChI=1S/C22H22N2O5/c25-19-10-9-17-21(26)20(13-15-5-7-16(8-6-15)24(27)28)29-22(17)18(19)14-23-11-3-1-2-4-12-23/h5-10,13,25H,1-4,11-12,14H2/p+1/b20-13+. The minimum absolute atomic E-state index is 0.0123. The highest BCUT2D eigenvalue weighted by Gasteiger charge is 2.32. The van der Waals surface area contributed by atoms with Gasteiger partial charge in [0, 0.05) is 12.1 Å². The van der Waals surface area contributed by atoms with Crippen LogP contribution in [0.5, 0.6) is 11.5 Å². The molecule has 2 aromatic rings. The van der Waals surface area contributed by atoms with E-state index in [0.29, 0.717) is 29.0 Å². The van der Waals surface area contributed by atoms with Crippen LogP contribution >= 0.6 is 0 Å². The van der Waals surface area contributed by atoms with Gasteiger partial charge in [0.25, 0.3) is 5.69 Å². The van der Waals surface area contributed by atoms with Crippen molar-refractivity contribution in [2.75, 3.05) is 13.1 Å². The number of hydrogen-bond donors (Lipinski definition) is 2. The zero-order valence-electron chi connectivity index (χ0n) is 16.0. The van der Waals surface area contributed by atoms with Crippen LogP contribution in [0, 0.1) is 10.1 Å². The number of likely N-dealkylation sites (tertiary alicyclic amines) is 1. The summed E-state index contributed by atoms with van der Waals surface area (Å²) >= 11 is 0. The summed E-state index contributed by atoms with van der Waals surface area (Å²) in [6, 6.07) is 9.07. The van der Waals surface area contributed by atoms with Crippen molar-refractivity contribution in [1.29, 1.82) is 0 Å². The number of aromatic hydroxyl groups is 1. The molecule has 1 saturated heterocycles. The molecular weight excluding hydrogens is 372 g/mol. The quantitative estimate of drug-likeness (QED) is 0.472. The molecule has 0 spiro atoms. The third kappa shape index (κ3) is 4.00. The van der Waals surface area contributed by atoms with E-state index < -0.39 is 4.92 Å². The number of Topliss-reactive ketones (excluding diaryl/α,β-unsaturated/α-hetero) is 1. The number of carbonyl (C=O) groups is 1. The van der Waals surface area contributed by atoms with Gasteiger partial charge in [-0.05, 0) is 61.6 Å². The molecular formula is C22H23N2O5+. The Kier molecular flexibility index (Phi) is 5.31. The number of rotatable bonds is 4. The summed E-state index contributed by atoms with van der Waals surface area (Å²) < 4.78 is 5.89. The highest BCUT2D eigenvalue weighted by Crippen LogP contribution is 2.39. The van der Waals surface area contributed by atoms with Crippen molar-refractivity contribution in [1.82, 2.24) is 0 Å². The molecule has 2 aromatic carbocycles. The number of ketones is 1. The van der Waals surface area contributed by atoms with Crippen molar-refractivity contribution < 1.29 is 24.5 Å². The van der Waals surface area contributed by atoms with E-state index in [4.69, 9.17) is 4.74 Å². The van der Waals surface area contributed by atoms with Crippen LogP contribution in [0.3, 0.4) is 0 Å². The number of nitro benzene ring substituents is 1. The molecule has 4 rings (SSSR count). The number of nitrogens with zero attached hydrogens (tertiary/aromatic N) is 1. The van der Waals surface area contributed by atoms with Crippen LogP contribution < -0.4 is 9.64 Å². The maximum absolute atomic E-state index is 12.8. The van der Waals surface area contributed by atoms with Crippen LogP contribution in [0.1, 0.15) is 47.2 Å². The van der Waals surface area contributed by atoms with Gasteiger partial charge in [-0.1, -0.05) is 0 Å². The minimum atomic E-state index is -0.468. The molecule has 0 amide bonds. The highest BCUT2D eigenvalue weighted by molar-refractivity contribution is 6.15. The van der Waals surface area contributed by atoms with Crippen molar-refractivity contribution in [2.45, 2.75) is 32.2 Å². The van der Waals surface area contributed by atoms with Crippen LogP contribution in [0.4, 0.5) is 5.69 Å². The summed E-state index contributed by atoms with van der Waals surface area (Å²) in [5, 5.41) is 21.2. The van der Waals surface area contributed by atoms with Crippen LogP contribution in [0.15, 0.2) is 42.2 Å². The lowest BCUT2D eigenvalue weighted by molar-refractivity contribution is -0.913. The number of hydrogen-bond acceptors (Lipinski definition) is 5. The maximum atomic E-state index is 12.8. The summed E-state index contributed by atoms with van der Waals surface area (Å²) in [7, 11) is 0. The van der Waals surface area contributed by atoms with Crippen LogP contribution in [0.2, 0.25) is 0 Å². The fourth-order valence-electron chi connectivity index (χ4n) is 3.97. The Morgan fingerprint density at radius 2 is 1.76 bits per heavy atom. The summed E-state index contributed by atoms with van der Waals surface area (Å²) in [5.74, 6) is 0.488. The Bertz CT molecular complexity index is 973. The van der Waals surface area contributed by atoms with E-state index in [1.165, 1.54) is 29.9 Å². The average molecular weight is 395 g/mol. The first-order valence-electron chi connectivity index (χ1n) is 9.90. The van der Waals surface area contributed by atoms with Gasteiger partial charge < -0.3 is 14.7 Å². The summed E-state index contributed by atoms with van der Waals surface area (Å²) in [5.41, 5.74) is 1.73. The number of benzene rings is 2. The van der Waals surface area contributed by atoms with Gasteiger partial charge in [0.1, 0.15) is 12.3 Å². The van der Waals surface area contributed by atoms with Crippen LogP contribution in [0.25, 0.3) is 6.08 Å². The smallest absolute Gasteiger partial charge is 0.269 e. The molecule has 1 fully saturated rings. The number of nitrogens with one attached hydrogen (secondary N) is 1. The second kappa shape index (κ2) is 8.05. The lowest BCUT2D eigenvalue weighted by Gasteiger charge is -2.18. The Morgan fingerprint density at radius 1 is 1.07 bits per heavy atom. The molecule has 0 aromatic heterocycles. The van der Waals surface area contributed by atoms with E-state index in [-0.39, 0.29) is 23.0 Å². The van der Waals surface area contributed by atoms with E-state index >= 15 is 0 Å². The van der Waals surface area contributed by atoms with Gasteiger partial charge in [0.15, 0.2) is 11.5 Å². The zero-order chi connectivity index (χ0) is 20.4. The fraction of sp³-hybridized carbons (Fsp3) is 0.318. The topological polar surface area (TPSA) is 94.1 Å². The maximum Gasteiger partial charge on any atom is 0.269 e. The molecule has 0 saturated carbocycles. The van der Waals surface area contributed by atoms with Crippen molar-refractivity contribution in [3.8, 4) is 11.5 Å². The monoisotopic (exact) mass is 395 g/mol. The van der Waals surface area contributed by atoms with Gasteiger partial charge in [0.2, 0.25) is 5.78 Å². The summed E-state index contributed by atoms with van der Waals surface area (Å²) in [6.45, 7) is 2.71. The molecule has 2 N–H and O–H groups in total. The first kappa shape index (κ1) is 19.1. The van der Waals surface area contributed by atoms with Gasteiger partial charge in [0.05, 0.1) is 29.1 Å². The van der Waals surface area contributed by atoms with Gasteiger partial charge >= 0.3 is 0 Å². The molecule has 7 heteroatoms. The first-order chi connectivity index (χ1) is 14.0. The van der Waals surface area contributed by atoms with Crippen LogP contribution in [-0.4, -0.2) is 28.9 Å². The molecule has 0 bridgehead atoms. The Balaban J connectivity index is 1.61. The molecule has 0 unspecified atom stereocenters. The molecule has 0 atom stereocenters. The van der Waals surface area contributed by atoms with Gasteiger partial charge in [-0.15, -0.1) is 0 Å². The zero-order valence-corrected chi connectivity index (χ0v) is 16.0. The molecule has 2 aliphatic heterocycles. The molecule has 0 radical (unpaired) electrons. The van der Waals surface area contributed by atoms with Crippen molar-refractivity contribution in [3.05, 3.63) is 69.0 Å². The molecule has 0 aliphatic carbocycles. The lowest BCUT2D eigenvalue weighted by Crippen LogP contribution is -3.10. The van der Waals surface area contributed by atoms with Gasteiger partial charge in [-0.2, -0.15) is 0 Å². The third-order valence-electron chi connectivity index (χ3n) is 5.56.